The maximum atomic E-state index is 11.4. The minimum Gasteiger partial charge on any atom is -1.00 e. The molecule has 0 radical (unpaired) electrons. The Morgan fingerprint density at radius 3 is 2.69 bits per heavy atom. The van der Waals surface area contributed by atoms with Gasteiger partial charge in [-0.3, -0.25) is 14.9 Å². The zero-order valence-electron chi connectivity index (χ0n) is 16.1. The summed E-state index contributed by atoms with van der Waals surface area (Å²) in [6.45, 7) is 3.72. The van der Waals surface area contributed by atoms with Crippen LogP contribution in [0.4, 0.5) is 0 Å². The van der Waals surface area contributed by atoms with Crippen molar-refractivity contribution in [1.29, 1.82) is 0 Å². The first-order valence-corrected chi connectivity index (χ1v) is 7.88. The number of rotatable bonds is 6. The molecular formula is C19H20N3NaO3. The summed E-state index contributed by atoms with van der Waals surface area (Å²) in [5.74, 6) is -0.213. The maximum Gasteiger partial charge on any atom is 1.00 e. The zero-order chi connectivity index (χ0) is 17.9. The monoisotopic (exact) mass is 361 g/mol. The molecule has 0 bridgehead atoms. The van der Waals surface area contributed by atoms with Crippen molar-refractivity contribution in [3.63, 3.8) is 0 Å². The number of benzene rings is 1. The molecule has 7 heteroatoms. The second kappa shape index (κ2) is 8.49. The molecule has 0 unspecified atom stereocenters. The van der Waals surface area contributed by atoms with Crippen LogP contribution in [0.3, 0.4) is 0 Å². The molecule has 0 spiro atoms. The summed E-state index contributed by atoms with van der Waals surface area (Å²) in [7, 11) is 0. The molecular weight excluding hydrogens is 341 g/mol. The summed E-state index contributed by atoms with van der Waals surface area (Å²) in [6.07, 6.45) is 3.33. The molecule has 0 amide bonds. The number of nitrogens with zero attached hydrogens (tertiary/aromatic N) is 2. The van der Waals surface area contributed by atoms with Crippen molar-refractivity contribution < 1.29 is 45.6 Å². The predicted octanol–water partition coefficient (Wildman–Crippen LogP) is 0.529. The van der Waals surface area contributed by atoms with Gasteiger partial charge in [-0.1, -0.05) is 24.3 Å². The van der Waals surface area contributed by atoms with Crippen molar-refractivity contribution in [1.82, 2.24) is 15.2 Å². The minimum atomic E-state index is -0.941. The van der Waals surface area contributed by atoms with Crippen molar-refractivity contribution >= 4 is 5.97 Å². The fourth-order valence-electron chi connectivity index (χ4n) is 2.36. The first-order chi connectivity index (χ1) is 12.0. The van der Waals surface area contributed by atoms with Gasteiger partial charge < -0.3 is 11.3 Å². The number of hydrogen-bond donors (Lipinski definition) is 2. The molecule has 0 saturated heterocycles. The average molecular weight is 361 g/mol. The Hall–Kier alpha value is -2.15. The van der Waals surface area contributed by atoms with E-state index in [1.807, 2.05) is 42.5 Å². The molecule has 0 atom stereocenters. The van der Waals surface area contributed by atoms with Gasteiger partial charge >= 0.3 is 35.5 Å². The smallest absolute Gasteiger partial charge is 1.00 e. The van der Waals surface area contributed by atoms with E-state index in [1.54, 1.807) is 26.2 Å². The van der Waals surface area contributed by atoms with Gasteiger partial charge in [-0.2, -0.15) is 5.10 Å². The summed E-state index contributed by atoms with van der Waals surface area (Å²) < 4.78 is 5.76. The second-order valence-corrected chi connectivity index (χ2v) is 6.27. The van der Waals surface area contributed by atoms with Gasteiger partial charge in [0.15, 0.2) is 0 Å². The van der Waals surface area contributed by atoms with E-state index in [2.05, 4.69) is 15.2 Å². The standard InChI is InChI=1S/C19H19N3O3.Na.H/c1-19(2,18(23)24)14-5-3-4-13(10-14)12-25-15-6-7-16(20-11-15)17-8-9-21-22-17;;/h3-11H,12H2,1-2H3,(H,21,22)(H,23,24);;/q;+1;-1. The summed E-state index contributed by atoms with van der Waals surface area (Å²) in [6, 6.07) is 13.0. The zero-order valence-corrected chi connectivity index (χ0v) is 17.1. The molecule has 0 aliphatic heterocycles. The topological polar surface area (TPSA) is 88.1 Å². The number of carboxylic acids is 1. The van der Waals surface area contributed by atoms with Crippen LogP contribution >= 0.6 is 0 Å². The quantitative estimate of drug-likeness (QED) is 0.626. The number of carboxylic acid groups (broad SMARTS) is 1. The number of aliphatic carboxylic acids is 1. The molecule has 1 aromatic carbocycles. The minimum absolute atomic E-state index is 0. The number of pyridine rings is 1. The summed E-state index contributed by atoms with van der Waals surface area (Å²) >= 11 is 0. The molecule has 0 saturated carbocycles. The van der Waals surface area contributed by atoms with E-state index in [-0.39, 0.29) is 31.0 Å². The molecule has 3 aromatic rings. The third-order valence-electron chi connectivity index (χ3n) is 4.10. The molecule has 0 aliphatic rings. The van der Waals surface area contributed by atoms with E-state index >= 15 is 0 Å². The van der Waals surface area contributed by atoms with E-state index in [9.17, 15) is 9.90 Å². The number of carbonyl (C=O) groups is 1. The molecule has 0 fully saturated rings. The summed E-state index contributed by atoms with van der Waals surface area (Å²) in [4.78, 5) is 15.7. The Labute approximate surface area is 175 Å². The molecule has 26 heavy (non-hydrogen) atoms. The van der Waals surface area contributed by atoms with Gasteiger partial charge in [-0.15, -0.1) is 0 Å². The van der Waals surface area contributed by atoms with Gasteiger partial charge in [0.2, 0.25) is 0 Å². The van der Waals surface area contributed by atoms with E-state index in [0.717, 1.165) is 22.5 Å². The largest absolute Gasteiger partial charge is 1.00 e. The number of aromatic nitrogens is 3. The molecule has 0 aliphatic carbocycles. The van der Waals surface area contributed by atoms with Gasteiger partial charge in [0.25, 0.3) is 0 Å². The van der Waals surface area contributed by atoms with E-state index in [4.69, 9.17) is 4.74 Å². The first-order valence-electron chi connectivity index (χ1n) is 7.88. The number of hydrogen-bond acceptors (Lipinski definition) is 4. The third-order valence-corrected chi connectivity index (χ3v) is 4.10. The summed E-state index contributed by atoms with van der Waals surface area (Å²) in [5.41, 5.74) is 2.34. The van der Waals surface area contributed by atoms with Crippen molar-refractivity contribution in [3.05, 3.63) is 66.0 Å². The fraction of sp³-hybridized carbons (Fsp3) is 0.211. The fourth-order valence-corrected chi connectivity index (χ4v) is 2.36. The van der Waals surface area contributed by atoms with E-state index in [1.165, 1.54) is 0 Å². The third kappa shape index (κ3) is 4.52. The predicted molar refractivity (Wildman–Crippen MR) is 94.4 cm³/mol. The SMILES string of the molecule is CC(C)(C(=O)O)c1cccc(COc2ccc(-c3ccn[nH]3)nc2)c1.[H-].[Na+]. The molecule has 2 aromatic heterocycles. The van der Waals surface area contributed by atoms with Crippen LogP contribution < -0.4 is 34.3 Å². The van der Waals surface area contributed by atoms with Gasteiger partial charge in [0.1, 0.15) is 12.4 Å². The first kappa shape index (κ1) is 20.2. The van der Waals surface area contributed by atoms with Gasteiger partial charge in [0, 0.05) is 6.20 Å². The second-order valence-electron chi connectivity index (χ2n) is 6.27. The van der Waals surface area contributed by atoms with Gasteiger partial charge in [0.05, 0.1) is 23.0 Å². The van der Waals surface area contributed by atoms with Crippen LogP contribution in [0.15, 0.2) is 54.9 Å². The Morgan fingerprint density at radius 1 is 1.27 bits per heavy atom. The van der Waals surface area contributed by atoms with Crippen LogP contribution in [0.25, 0.3) is 11.4 Å². The molecule has 130 valence electrons. The van der Waals surface area contributed by atoms with E-state index in [0.29, 0.717) is 12.4 Å². The van der Waals surface area contributed by atoms with Gasteiger partial charge in [-0.05, 0) is 43.2 Å². The number of ether oxygens (including phenoxy) is 1. The Bertz CT molecular complexity index is 868. The van der Waals surface area contributed by atoms with E-state index < -0.39 is 11.4 Å². The number of aromatic amines is 1. The molecule has 3 rings (SSSR count). The van der Waals surface area contributed by atoms with Crippen molar-refractivity contribution in [2.24, 2.45) is 0 Å². The number of H-pyrrole nitrogens is 1. The van der Waals surface area contributed by atoms with Crippen LogP contribution in [0.1, 0.15) is 26.4 Å². The average Bonchev–Trinajstić information content (AvgIpc) is 3.15. The van der Waals surface area contributed by atoms with Crippen LogP contribution in [-0.4, -0.2) is 26.3 Å². The Kier molecular flexibility index (Phi) is 6.58. The Morgan fingerprint density at radius 2 is 2.08 bits per heavy atom. The van der Waals surface area contributed by atoms with Crippen molar-refractivity contribution in [2.75, 3.05) is 0 Å². The van der Waals surface area contributed by atoms with Crippen LogP contribution in [0.5, 0.6) is 5.75 Å². The van der Waals surface area contributed by atoms with Crippen LogP contribution in [0.2, 0.25) is 0 Å². The normalized spacial score (nSPS) is 10.8. The molecule has 2 N–H and O–H groups in total. The Balaban J connectivity index is 0.00000182. The van der Waals surface area contributed by atoms with Crippen LogP contribution in [0, 0.1) is 0 Å². The number of nitrogens with one attached hydrogen (secondary N) is 1. The molecule has 2 heterocycles. The maximum absolute atomic E-state index is 11.4. The van der Waals surface area contributed by atoms with Crippen molar-refractivity contribution in [3.8, 4) is 17.1 Å². The molecule has 6 nitrogen and oxygen atoms in total. The van der Waals surface area contributed by atoms with Crippen LogP contribution in [-0.2, 0) is 16.8 Å². The van der Waals surface area contributed by atoms with Gasteiger partial charge in [-0.25, -0.2) is 0 Å². The summed E-state index contributed by atoms with van der Waals surface area (Å²) in [5, 5.41) is 16.1. The van der Waals surface area contributed by atoms with Crippen molar-refractivity contribution in [2.45, 2.75) is 25.9 Å².